The highest BCUT2D eigenvalue weighted by Gasteiger charge is 2.08. The predicted octanol–water partition coefficient (Wildman–Crippen LogP) is 1.51. The second-order valence-corrected chi connectivity index (χ2v) is 4.86. The lowest BCUT2D eigenvalue weighted by molar-refractivity contribution is 0.987. The minimum absolute atomic E-state index is 0.563. The van der Waals surface area contributed by atoms with Crippen LogP contribution in [0.1, 0.15) is 5.01 Å². The molecule has 3 aromatic heterocycles. The standard InChI is InChI=1S/C11H13N7S/c1-12-11-16-9(7-6-15-18-10(7)17-11)14-3-2-8-13-4-5-19-8/h4-6H,2-3H2,1H3,(H3,12,14,15,16,17,18). The van der Waals surface area contributed by atoms with Crippen LogP contribution in [0.4, 0.5) is 11.8 Å². The van der Waals surface area contributed by atoms with Crippen LogP contribution in [0.15, 0.2) is 17.8 Å². The molecule has 3 aromatic rings. The minimum atomic E-state index is 0.563. The van der Waals surface area contributed by atoms with Crippen molar-refractivity contribution in [3.8, 4) is 0 Å². The van der Waals surface area contributed by atoms with Gasteiger partial charge in [0.1, 0.15) is 5.82 Å². The smallest absolute Gasteiger partial charge is 0.226 e. The Kier molecular flexibility index (Phi) is 3.23. The van der Waals surface area contributed by atoms with Gasteiger partial charge in [0, 0.05) is 31.6 Å². The van der Waals surface area contributed by atoms with Gasteiger partial charge in [0.05, 0.1) is 16.6 Å². The van der Waals surface area contributed by atoms with E-state index in [0.717, 1.165) is 34.8 Å². The van der Waals surface area contributed by atoms with E-state index in [2.05, 4.69) is 35.8 Å². The highest BCUT2D eigenvalue weighted by atomic mass is 32.1. The lowest BCUT2D eigenvalue weighted by Gasteiger charge is -2.07. The van der Waals surface area contributed by atoms with E-state index >= 15 is 0 Å². The number of hydrogen-bond donors (Lipinski definition) is 3. The summed E-state index contributed by atoms with van der Waals surface area (Å²) in [6, 6.07) is 0. The molecule has 0 aromatic carbocycles. The van der Waals surface area contributed by atoms with Crippen molar-refractivity contribution in [1.29, 1.82) is 0 Å². The molecule has 7 nitrogen and oxygen atoms in total. The Labute approximate surface area is 113 Å². The third kappa shape index (κ3) is 2.48. The van der Waals surface area contributed by atoms with E-state index in [1.54, 1.807) is 24.6 Å². The van der Waals surface area contributed by atoms with Gasteiger partial charge in [0.2, 0.25) is 5.95 Å². The number of nitrogens with one attached hydrogen (secondary N) is 3. The summed E-state index contributed by atoms with van der Waals surface area (Å²) in [7, 11) is 1.79. The van der Waals surface area contributed by atoms with Crippen molar-refractivity contribution >= 4 is 34.1 Å². The van der Waals surface area contributed by atoms with Crippen molar-refractivity contribution in [2.45, 2.75) is 6.42 Å². The van der Waals surface area contributed by atoms with Gasteiger partial charge in [-0.15, -0.1) is 11.3 Å². The largest absolute Gasteiger partial charge is 0.369 e. The molecule has 0 aliphatic rings. The fraction of sp³-hybridized carbons (Fsp3) is 0.273. The van der Waals surface area contributed by atoms with Crippen LogP contribution in [-0.4, -0.2) is 38.7 Å². The van der Waals surface area contributed by atoms with Crippen LogP contribution < -0.4 is 10.6 Å². The first-order valence-corrected chi connectivity index (χ1v) is 6.76. The molecule has 0 saturated heterocycles. The Morgan fingerprint density at radius 2 is 2.32 bits per heavy atom. The maximum absolute atomic E-state index is 4.40. The van der Waals surface area contributed by atoms with Gasteiger partial charge >= 0.3 is 0 Å². The third-order valence-electron chi connectivity index (χ3n) is 2.65. The fourth-order valence-corrected chi connectivity index (χ4v) is 2.37. The van der Waals surface area contributed by atoms with Gasteiger partial charge in [-0.25, -0.2) is 4.98 Å². The monoisotopic (exact) mass is 275 g/mol. The van der Waals surface area contributed by atoms with E-state index in [-0.39, 0.29) is 0 Å². The third-order valence-corrected chi connectivity index (χ3v) is 3.49. The maximum atomic E-state index is 4.40. The molecule has 0 bridgehead atoms. The molecule has 0 aliphatic carbocycles. The van der Waals surface area contributed by atoms with Gasteiger partial charge in [0.25, 0.3) is 0 Å². The molecule has 0 fully saturated rings. The summed E-state index contributed by atoms with van der Waals surface area (Å²) >= 11 is 1.66. The summed E-state index contributed by atoms with van der Waals surface area (Å²) < 4.78 is 0. The molecule has 0 saturated carbocycles. The Bertz CT molecular complexity index is 661. The van der Waals surface area contributed by atoms with Crippen molar-refractivity contribution < 1.29 is 0 Å². The van der Waals surface area contributed by atoms with E-state index in [0.29, 0.717) is 5.95 Å². The van der Waals surface area contributed by atoms with Gasteiger partial charge < -0.3 is 10.6 Å². The first-order valence-electron chi connectivity index (χ1n) is 5.88. The van der Waals surface area contributed by atoms with Crippen LogP contribution in [0.3, 0.4) is 0 Å². The number of fused-ring (bicyclic) bond motifs is 1. The molecule has 3 N–H and O–H groups in total. The molecule has 0 amide bonds. The second-order valence-electron chi connectivity index (χ2n) is 3.88. The zero-order valence-corrected chi connectivity index (χ0v) is 11.2. The Balaban J connectivity index is 1.77. The van der Waals surface area contributed by atoms with Crippen molar-refractivity contribution in [1.82, 2.24) is 25.1 Å². The fourth-order valence-electron chi connectivity index (χ4n) is 1.75. The number of anilines is 2. The average molecular weight is 275 g/mol. The zero-order chi connectivity index (χ0) is 13.1. The molecule has 0 radical (unpaired) electrons. The summed E-state index contributed by atoms with van der Waals surface area (Å²) in [5, 5.41) is 17.0. The Hall–Kier alpha value is -2.22. The van der Waals surface area contributed by atoms with Gasteiger partial charge in [-0.3, -0.25) is 5.10 Å². The van der Waals surface area contributed by atoms with Gasteiger partial charge in [0.15, 0.2) is 5.65 Å². The molecule has 8 heteroatoms. The molecule has 3 heterocycles. The van der Waals surface area contributed by atoms with Crippen LogP contribution in [0.2, 0.25) is 0 Å². The number of H-pyrrole nitrogens is 1. The molecular weight excluding hydrogens is 262 g/mol. The highest BCUT2D eigenvalue weighted by Crippen LogP contribution is 2.19. The molecule has 0 spiro atoms. The first kappa shape index (κ1) is 11.8. The quantitative estimate of drug-likeness (QED) is 0.653. The van der Waals surface area contributed by atoms with Gasteiger partial charge in [-0.2, -0.15) is 15.1 Å². The van der Waals surface area contributed by atoms with Gasteiger partial charge in [-0.1, -0.05) is 0 Å². The summed E-state index contributed by atoms with van der Waals surface area (Å²) in [4.78, 5) is 12.9. The number of aromatic nitrogens is 5. The summed E-state index contributed by atoms with van der Waals surface area (Å²) in [6.45, 7) is 0.772. The number of thiazole rings is 1. The molecule has 19 heavy (non-hydrogen) atoms. The van der Waals surface area contributed by atoms with Crippen molar-refractivity contribution in [2.75, 3.05) is 24.2 Å². The second kappa shape index (κ2) is 5.19. The molecule has 0 aliphatic heterocycles. The lowest BCUT2D eigenvalue weighted by atomic mass is 10.3. The van der Waals surface area contributed by atoms with Crippen LogP contribution in [0, 0.1) is 0 Å². The molecule has 98 valence electrons. The van der Waals surface area contributed by atoms with Crippen molar-refractivity contribution in [3.05, 3.63) is 22.8 Å². The SMILES string of the molecule is CNc1nc(NCCc2nccs2)c2cn[nH]c2n1. The molecule has 0 unspecified atom stereocenters. The average Bonchev–Trinajstić information content (AvgIpc) is 3.08. The van der Waals surface area contributed by atoms with Crippen LogP contribution in [0.5, 0.6) is 0 Å². The first-order chi connectivity index (χ1) is 9.36. The van der Waals surface area contributed by atoms with Crippen molar-refractivity contribution in [2.24, 2.45) is 0 Å². The number of aromatic amines is 1. The summed E-state index contributed by atoms with van der Waals surface area (Å²) in [5.41, 5.74) is 0.719. The van der Waals surface area contributed by atoms with E-state index < -0.39 is 0 Å². The topological polar surface area (TPSA) is 91.4 Å². The van der Waals surface area contributed by atoms with Crippen LogP contribution in [0.25, 0.3) is 11.0 Å². The van der Waals surface area contributed by atoms with E-state index in [9.17, 15) is 0 Å². The number of hydrogen-bond acceptors (Lipinski definition) is 7. The normalized spacial score (nSPS) is 10.8. The van der Waals surface area contributed by atoms with Gasteiger partial charge in [-0.05, 0) is 0 Å². The number of nitrogens with zero attached hydrogens (tertiary/aromatic N) is 4. The highest BCUT2D eigenvalue weighted by molar-refractivity contribution is 7.09. The predicted molar refractivity (Wildman–Crippen MR) is 75.5 cm³/mol. The minimum Gasteiger partial charge on any atom is -0.369 e. The summed E-state index contributed by atoms with van der Waals surface area (Å²) in [6.07, 6.45) is 4.41. The molecular formula is C11H13N7S. The van der Waals surface area contributed by atoms with E-state index in [1.807, 2.05) is 11.6 Å². The number of rotatable bonds is 5. The zero-order valence-electron chi connectivity index (χ0n) is 10.3. The van der Waals surface area contributed by atoms with E-state index in [1.165, 1.54) is 0 Å². The Morgan fingerprint density at radius 1 is 1.37 bits per heavy atom. The Morgan fingerprint density at radius 3 is 3.11 bits per heavy atom. The maximum Gasteiger partial charge on any atom is 0.226 e. The molecule has 0 atom stereocenters. The van der Waals surface area contributed by atoms with Crippen LogP contribution >= 0.6 is 11.3 Å². The van der Waals surface area contributed by atoms with E-state index in [4.69, 9.17) is 0 Å². The summed E-state index contributed by atoms with van der Waals surface area (Å²) in [5.74, 6) is 1.34. The lowest BCUT2D eigenvalue weighted by Crippen LogP contribution is -2.08. The molecule has 3 rings (SSSR count). The van der Waals surface area contributed by atoms with Crippen LogP contribution in [-0.2, 0) is 6.42 Å². The van der Waals surface area contributed by atoms with Crippen molar-refractivity contribution in [3.63, 3.8) is 0 Å².